The highest BCUT2D eigenvalue weighted by Gasteiger charge is 2.14. The van der Waals surface area contributed by atoms with E-state index in [2.05, 4.69) is 20.4 Å². The lowest BCUT2D eigenvalue weighted by atomic mass is 10.2. The van der Waals surface area contributed by atoms with E-state index in [-0.39, 0.29) is 5.91 Å². The average molecular weight is 248 g/mol. The van der Waals surface area contributed by atoms with Crippen LogP contribution < -0.4 is 11.1 Å². The fourth-order valence-electron chi connectivity index (χ4n) is 1.64. The zero-order chi connectivity index (χ0) is 13.0. The second kappa shape index (κ2) is 5.46. The third-order valence-corrected chi connectivity index (χ3v) is 2.65. The number of aromatic nitrogens is 4. The molecule has 0 aliphatic carbocycles. The van der Waals surface area contributed by atoms with Gasteiger partial charge in [0.15, 0.2) is 0 Å². The van der Waals surface area contributed by atoms with Gasteiger partial charge in [-0.3, -0.25) is 14.8 Å². The van der Waals surface area contributed by atoms with Crippen LogP contribution in [0.1, 0.15) is 22.5 Å². The van der Waals surface area contributed by atoms with Crippen molar-refractivity contribution in [1.82, 2.24) is 19.7 Å². The molecule has 0 atom stereocenters. The van der Waals surface area contributed by atoms with Crippen molar-refractivity contribution in [2.45, 2.75) is 19.9 Å². The van der Waals surface area contributed by atoms with Crippen LogP contribution in [-0.2, 0) is 6.54 Å². The van der Waals surface area contributed by atoms with Gasteiger partial charge in [-0.15, -0.1) is 0 Å². The molecule has 4 N–H and O–H groups in total. The van der Waals surface area contributed by atoms with Crippen LogP contribution >= 0.6 is 0 Å². The zero-order valence-corrected chi connectivity index (χ0v) is 10.2. The molecule has 0 aromatic carbocycles. The minimum atomic E-state index is -0.221. The number of aryl methyl sites for hydroxylation is 1. The van der Waals surface area contributed by atoms with Gasteiger partial charge in [0, 0.05) is 24.6 Å². The Bertz CT molecular complexity index is 516. The van der Waals surface area contributed by atoms with E-state index >= 15 is 0 Å². The molecule has 0 unspecified atom stereocenters. The third-order valence-electron chi connectivity index (χ3n) is 2.65. The zero-order valence-electron chi connectivity index (χ0n) is 10.2. The van der Waals surface area contributed by atoms with E-state index < -0.39 is 0 Å². The van der Waals surface area contributed by atoms with Crippen molar-refractivity contribution in [1.29, 1.82) is 0 Å². The van der Waals surface area contributed by atoms with E-state index in [1.807, 2.05) is 6.92 Å². The number of carbonyl (C=O) groups excluding carboxylic acids is 1. The average Bonchev–Trinajstić information content (AvgIpc) is 2.97. The molecule has 2 rings (SSSR count). The summed E-state index contributed by atoms with van der Waals surface area (Å²) in [4.78, 5) is 18.7. The van der Waals surface area contributed by atoms with E-state index in [1.165, 1.54) is 0 Å². The maximum absolute atomic E-state index is 12.0. The quantitative estimate of drug-likeness (QED) is 0.717. The first-order valence-electron chi connectivity index (χ1n) is 5.75. The molecule has 96 valence electrons. The Hall–Kier alpha value is -2.15. The number of carbonyl (C=O) groups is 1. The number of amides is 1. The third kappa shape index (κ3) is 2.57. The summed E-state index contributed by atoms with van der Waals surface area (Å²) < 4.78 is 1.78. The number of hydrogen-bond acceptors (Lipinski definition) is 4. The van der Waals surface area contributed by atoms with Gasteiger partial charge < -0.3 is 10.7 Å². The summed E-state index contributed by atoms with van der Waals surface area (Å²) in [5, 5.41) is 6.84. The maximum Gasteiger partial charge on any atom is 0.261 e. The van der Waals surface area contributed by atoms with Crippen molar-refractivity contribution in [3.05, 3.63) is 29.8 Å². The van der Waals surface area contributed by atoms with Crippen molar-refractivity contribution in [2.24, 2.45) is 5.73 Å². The van der Waals surface area contributed by atoms with Gasteiger partial charge in [0.25, 0.3) is 5.91 Å². The fourth-order valence-corrected chi connectivity index (χ4v) is 1.64. The Balaban J connectivity index is 2.08. The number of anilines is 1. The number of nitrogens with zero attached hydrogens (tertiary/aromatic N) is 3. The van der Waals surface area contributed by atoms with Gasteiger partial charge >= 0.3 is 0 Å². The molecule has 2 aromatic heterocycles. The predicted molar refractivity (Wildman–Crippen MR) is 67.2 cm³/mol. The molecular formula is C11H16N6O. The molecule has 0 saturated carbocycles. The molecule has 0 saturated heterocycles. The summed E-state index contributed by atoms with van der Waals surface area (Å²) in [6, 6.07) is 0. The monoisotopic (exact) mass is 248 g/mol. The lowest BCUT2D eigenvalue weighted by Crippen LogP contribution is -2.14. The van der Waals surface area contributed by atoms with Gasteiger partial charge in [-0.2, -0.15) is 5.10 Å². The van der Waals surface area contributed by atoms with E-state index in [9.17, 15) is 4.79 Å². The Morgan fingerprint density at radius 2 is 2.44 bits per heavy atom. The minimum absolute atomic E-state index is 0.221. The first-order chi connectivity index (χ1) is 8.72. The molecule has 0 aliphatic rings. The van der Waals surface area contributed by atoms with Crippen molar-refractivity contribution < 1.29 is 4.79 Å². The second-order valence-corrected chi connectivity index (χ2v) is 3.90. The number of nitrogens with two attached hydrogens (primary N) is 1. The molecule has 18 heavy (non-hydrogen) atoms. The molecule has 1 amide bonds. The van der Waals surface area contributed by atoms with E-state index in [1.54, 1.807) is 23.3 Å². The van der Waals surface area contributed by atoms with Crippen LogP contribution in [0, 0.1) is 6.92 Å². The number of imidazole rings is 1. The number of nitrogens with one attached hydrogen (secondary N) is 2. The highest BCUT2D eigenvalue weighted by molar-refractivity contribution is 6.03. The lowest BCUT2D eigenvalue weighted by Gasteiger charge is -2.04. The predicted octanol–water partition coefficient (Wildman–Crippen LogP) is 0.516. The summed E-state index contributed by atoms with van der Waals surface area (Å²) in [6.07, 6.45) is 5.62. The summed E-state index contributed by atoms with van der Waals surface area (Å²) in [5.74, 6) is 0.204. The van der Waals surface area contributed by atoms with Crippen molar-refractivity contribution in [3.8, 4) is 0 Å². The molecule has 7 nitrogen and oxygen atoms in total. The Kier molecular flexibility index (Phi) is 3.73. The van der Waals surface area contributed by atoms with Gasteiger partial charge in [0.05, 0.1) is 11.8 Å². The highest BCUT2D eigenvalue weighted by atomic mass is 16.1. The van der Waals surface area contributed by atoms with Crippen LogP contribution in [0.15, 0.2) is 18.6 Å². The molecule has 2 aromatic rings. The van der Waals surface area contributed by atoms with Gasteiger partial charge in [0.1, 0.15) is 0 Å². The van der Waals surface area contributed by atoms with E-state index in [4.69, 9.17) is 5.73 Å². The molecular weight excluding hydrogens is 232 g/mol. The standard InChI is InChI=1S/C11H16N6O/c1-8-9(7-15-17(8)6-2-3-12)10(18)16-11-13-4-5-14-11/h4-5,7H,2-3,6,12H2,1H3,(H2,13,14,16,18). The summed E-state index contributed by atoms with van der Waals surface area (Å²) in [7, 11) is 0. The van der Waals surface area contributed by atoms with Crippen LogP contribution in [0.3, 0.4) is 0 Å². The number of H-pyrrole nitrogens is 1. The summed E-state index contributed by atoms with van der Waals surface area (Å²) in [6.45, 7) is 3.18. The smallest absolute Gasteiger partial charge is 0.261 e. The molecule has 2 heterocycles. The normalized spacial score (nSPS) is 10.6. The molecule has 7 heteroatoms. The van der Waals surface area contributed by atoms with Gasteiger partial charge in [-0.25, -0.2) is 4.98 Å². The Labute approximate surface area is 104 Å². The molecule has 0 aliphatic heterocycles. The Morgan fingerprint density at radius 1 is 1.61 bits per heavy atom. The van der Waals surface area contributed by atoms with Gasteiger partial charge in [0.2, 0.25) is 5.95 Å². The van der Waals surface area contributed by atoms with Crippen molar-refractivity contribution in [3.63, 3.8) is 0 Å². The highest BCUT2D eigenvalue weighted by Crippen LogP contribution is 2.09. The van der Waals surface area contributed by atoms with Crippen molar-refractivity contribution >= 4 is 11.9 Å². The van der Waals surface area contributed by atoms with Crippen molar-refractivity contribution in [2.75, 3.05) is 11.9 Å². The molecule has 0 spiro atoms. The van der Waals surface area contributed by atoms with E-state index in [0.29, 0.717) is 18.1 Å². The topological polar surface area (TPSA) is 102 Å². The molecule has 0 fully saturated rings. The number of aromatic amines is 1. The molecule has 0 bridgehead atoms. The second-order valence-electron chi connectivity index (χ2n) is 3.90. The van der Waals surface area contributed by atoms with Crippen LogP contribution in [0.2, 0.25) is 0 Å². The fraction of sp³-hybridized carbons (Fsp3) is 0.364. The maximum atomic E-state index is 12.0. The van der Waals surface area contributed by atoms with Crippen LogP contribution in [0.25, 0.3) is 0 Å². The summed E-state index contributed by atoms with van der Waals surface area (Å²) in [5.41, 5.74) is 6.82. The van der Waals surface area contributed by atoms with Gasteiger partial charge in [-0.1, -0.05) is 0 Å². The molecule has 0 radical (unpaired) electrons. The number of rotatable bonds is 5. The largest absolute Gasteiger partial charge is 0.331 e. The van der Waals surface area contributed by atoms with Crippen LogP contribution in [-0.4, -0.2) is 32.2 Å². The van der Waals surface area contributed by atoms with Crippen LogP contribution in [0.5, 0.6) is 0 Å². The van der Waals surface area contributed by atoms with E-state index in [0.717, 1.165) is 18.7 Å². The number of hydrogen-bond donors (Lipinski definition) is 3. The van der Waals surface area contributed by atoms with Gasteiger partial charge in [-0.05, 0) is 19.9 Å². The lowest BCUT2D eigenvalue weighted by molar-refractivity contribution is 0.102. The first-order valence-corrected chi connectivity index (χ1v) is 5.75. The minimum Gasteiger partial charge on any atom is -0.331 e. The Morgan fingerprint density at radius 3 is 3.11 bits per heavy atom. The van der Waals surface area contributed by atoms with Crippen LogP contribution in [0.4, 0.5) is 5.95 Å². The summed E-state index contributed by atoms with van der Waals surface area (Å²) >= 11 is 0. The SMILES string of the molecule is Cc1c(C(=O)Nc2ncc[nH]2)cnn1CCCN. The first kappa shape index (κ1) is 12.3.